The van der Waals surface area contributed by atoms with E-state index in [-0.39, 0.29) is 24.4 Å². The molecule has 2 aromatic carbocycles. The van der Waals surface area contributed by atoms with E-state index in [4.69, 9.17) is 10.6 Å². The number of carbonyl (C=O) groups excluding carboxylic acids is 1. The van der Waals surface area contributed by atoms with Crippen LogP contribution in [0.2, 0.25) is 0 Å². The van der Waals surface area contributed by atoms with Gasteiger partial charge in [-0.3, -0.25) is 4.57 Å². The number of nitrogen functional groups attached to an aromatic ring is 1. The Morgan fingerprint density at radius 1 is 0.946 bits per heavy atom. The molecule has 0 aliphatic heterocycles. The van der Waals surface area contributed by atoms with Gasteiger partial charge in [0, 0.05) is 6.54 Å². The topological polar surface area (TPSA) is 136 Å². The Hall–Kier alpha value is -4.93. The van der Waals surface area contributed by atoms with Crippen LogP contribution in [0.15, 0.2) is 81.4 Å². The van der Waals surface area contributed by atoms with Gasteiger partial charge in [-0.1, -0.05) is 29.8 Å². The minimum absolute atomic E-state index is 0.0107. The van der Waals surface area contributed by atoms with Crippen molar-refractivity contribution in [1.82, 2.24) is 18.8 Å². The lowest BCUT2D eigenvalue weighted by Gasteiger charge is -2.13. The zero-order chi connectivity index (χ0) is 26.5. The molecule has 11 nitrogen and oxygen atoms in total. The number of aromatic nitrogens is 4. The molecule has 37 heavy (non-hydrogen) atoms. The average Bonchev–Trinajstić information content (AvgIpc) is 2.91. The van der Waals surface area contributed by atoms with E-state index in [0.29, 0.717) is 17.2 Å². The molecule has 0 aliphatic carbocycles. The number of ether oxygens (including phenoxy) is 2. The van der Waals surface area contributed by atoms with E-state index in [0.717, 1.165) is 20.4 Å². The molecule has 2 heterocycles. The van der Waals surface area contributed by atoms with Crippen molar-refractivity contribution in [3.8, 4) is 11.5 Å². The molecule has 0 saturated carbocycles. The summed E-state index contributed by atoms with van der Waals surface area (Å²) in [4.78, 5) is 45.9. The zero-order valence-electron chi connectivity index (χ0n) is 20.6. The fraction of sp³-hybridized carbons (Fsp3) is 0.192. The summed E-state index contributed by atoms with van der Waals surface area (Å²) < 4.78 is 13.7. The summed E-state index contributed by atoms with van der Waals surface area (Å²) in [7, 11) is 1.28. The SMILES string of the molecule is CCn1c(=O)n(N)/c(=N\c2ccc(Oc3ccc(C(=O)OC)nc3)cc2)n(Cc2ccc(C)cc2)c1=O. The molecule has 0 amide bonds. The van der Waals surface area contributed by atoms with Crippen LogP contribution in [-0.4, -0.2) is 31.9 Å². The highest BCUT2D eigenvalue weighted by Crippen LogP contribution is 2.23. The van der Waals surface area contributed by atoms with Gasteiger partial charge in [-0.05, 0) is 55.8 Å². The largest absolute Gasteiger partial charge is 0.464 e. The molecule has 0 spiro atoms. The predicted octanol–water partition coefficient (Wildman–Crippen LogP) is 2.11. The van der Waals surface area contributed by atoms with Gasteiger partial charge in [-0.25, -0.2) is 28.9 Å². The monoisotopic (exact) mass is 502 g/mol. The molecule has 0 bridgehead atoms. The summed E-state index contributed by atoms with van der Waals surface area (Å²) in [6, 6.07) is 17.5. The van der Waals surface area contributed by atoms with Gasteiger partial charge in [0.15, 0.2) is 0 Å². The van der Waals surface area contributed by atoms with Crippen LogP contribution in [0.3, 0.4) is 0 Å². The van der Waals surface area contributed by atoms with Gasteiger partial charge in [0.25, 0.3) is 0 Å². The highest BCUT2D eigenvalue weighted by molar-refractivity contribution is 5.87. The number of esters is 1. The molecule has 190 valence electrons. The fourth-order valence-corrected chi connectivity index (χ4v) is 3.56. The molecule has 4 aromatic rings. The number of benzene rings is 2. The van der Waals surface area contributed by atoms with Crippen LogP contribution in [0, 0.1) is 6.92 Å². The summed E-state index contributed by atoms with van der Waals surface area (Å²) in [6.45, 7) is 4.03. The minimum atomic E-state index is -0.658. The number of methoxy groups -OCH3 is 1. The zero-order valence-corrected chi connectivity index (χ0v) is 20.6. The molecular formula is C26H26N6O5. The van der Waals surface area contributed by atoms with Gasteiger partial charge >= 0.3 is 17.3 Å². The van der Waals surface area contributed by atoms with Gasteiger partial charge in [-0.2, -0.15) is 4.68 Å². The first-order valence-electron chi connectivity index (χ1n) is 11.4. The first kappa shape index (κ1) is 25.2. The normalized spacial score (nSPS) is 11.4. The number of nitrogens with two attached hydrogens (primary N) is 1. The number of aryl methyl sites for hydroxylation is 1. The van der Waals surface area contributed by atoms with Crippen molar-refractivity contribution in [2.24, 2.45) is 4.99 Å². The molecular weight excluding hydrogens is 476 g/mol. The van der Waals surface area contributed by atoms with Crippen molar-refractivity contribution in [3.05, 3.63) is 110 Å². The van der Waals surface area contributed by atoms with E-state index in [9.17, 15) is 14.4 Å². The second-order valence-corrected chi connectivity index (χ2v) is 8.13. The van der Waals surface area contributed by atoms with Crippen LogP contribution in [-0.2, 0) is 17.8 Å². The van der Waals surface area contributed by atoms with E-state index in [1.807, 2.05) is 31.2 Å². The summed E-state index contributed by atoms with van der Waals surface area (Å²) >= 11 is 0. The van der Waals surface area contributed by atoms with Crippen molar-refractivity contribution >= 4 is 11.7 Å². The van der Waals surface area contributed by atoms with Crippen LogP contribution in [0.5, 0.6) is 11.5 Å². The quantitative estimate of drug-likeness (QED) is 0.302. The Morgan fingerprint density at radius 2 is 1.62 bits per heavy atom. The molecule has 2 N–H and O–H groups in total. The summed E-state index contributed by atoms with van der Waals surface area (Å²) in [6.07, 6.45) is 1.41. The van der Waals surface area contributed by atoms with E-state index in [1.165, 1.54) is 23.9 Å². The molecule has 0 aliphatic rings. The molecule has 0 unspecified atom stereocenters. The average molecular weight is 503 g/mol. The smallest absolute Gasteiger partial charge is 0.356 e. The van der Waals surface area contributed by atoms with Gasteiger partial charge < -0.3 is 15.3 Å². The third kappa shape index (κ3) is 5.50. The van der Waals surface area contributed by atoms with Crippen molar-refractivity contribution < 1.29 is 14.3 Å². The van der Waals surface area contributed by atoms with Gasteiger partial charge in [0.1, 0.15) is 17.2 Å². The van der Waals surface area contributed by atoms with Crippen LogP contribution in [0.4, 0.5) is 5.69 Å². The Balaban J connectivity index is 1.68. The second kappa shape index (κ2) is 10.8. The highest BCUT2D eigenvalue weighted by Gasteiger charge is 2.13. The number of hydrogen-bond donors (Lipinski definition) is 1. The van der Waals surface area contributed by atoms with Crippen LogP contribution in [0.25, 0.3) is 0 Å². The van der Waals surface area contributed by atoms with Crippen LogP contribution < -0.4 is 27.6 Å². The van der Waals surface area contributed by atoms with Gasteiger partial charge in [0.2, 0.25) is 5.62 Å². The molecule has 0 atom stereocenters. The number of hydrogen-bond acceptors (Lipinski definition) is 8. The third-order valence-corrected chi connectivity index (χ3v) is 5.57. The van der Waals surface area contributed by atoms with Crippen molar-refractivity contribution in [1.29, 1.82) is 0 Å². The van der Waals surface area contributed by atoms with Gasteiger partial charge in [-0.15, -0.1) is 0 Å². The lowest BCUT2D eigenvalue weighted by atomic mass is 10.1. The standard InChI is InChI=1S/C26H26N6O5/c1-4-30-25(34)31(16-18-7-5-17(2)6-8-18)24(32(27)26(30)35)29-19-9-11-20(12-10-19)37-21-13-14-22(28-15-21)23(33)36-3/h5-15H,4,16,27H2,1-3H3/b29-24-. The predicted molar refractivity (Wildman–Crippen MR) is 136 cm³/mol. The van der Waals surface area contributed by atoms with Crippen LogP contribution >= 0.6 is 0 Å². The minimum Gasteiger partial charge on any atom is -0.464 e. The van der Waals surface area contributed by atoms with E-state index in [1.54, 1.807) is 37.3 Å². The van der Waals surface area contributed by atoms with Crippen LogP contribution in [0.1, 0.15) is 28.5 Å². The Kier molecular flexibility index (Phi) is 7.33. The fourth-order valence-electron chi connectivity index (χ4n) is 3.56. The lowest BCUT2D eigenvalue weighted by Crippen LogP contribution is -2.57. The van der Waals surface area contributed by atoms with Crippen molar-refractivity contribution in [2.75, 3.05) is 13.0 Å². The van der Waals surface area contributed by atoms with E-state index < -0.39 is 17.3 Å². The molecule has 2 aromatic heterocycles. The summed E-state index contributed by atoms with van der Waals surface area (Å²) in [5, 5.41) is 0. The van der Waals surface area contributed by atoms with Gasteiger partial charge in [0.05, 0.1) is 25.5 Å². The second-order valence-electron chi connectivity index (χ2n) is 8.13. The molecule has 4 rings (SSSR count). The summed E-state index contributed by atoms with van der Waals surface area (Å²) in [5.41, 5.74) is 1.42. The molecule has 0 radical (unpaired) electrons. The molecule has 11 heteroatoms. The maximum atomic E-state index is 13.1. The Bertz CT molecular complexity index is 1600. The highest BCUT2D eigenvalue weighted by atomic mass is 16.5. The Morgan fingerprint density at radius 3 is 2.22 bits per heavy atom. The number of carbonyl (C=O) groups is 1. The van der Waals surface area contributed by atoms with E-state index >= 15 is 0 Å². The number of rotatable bonds is 7. The first-order valence-corrected chi connectivity index (χ1v) is 11.4. The third-order valence-electron chi connectivity index (χ3n) is 5.57. The Labute approximate surface area is 211 Å². The molecule has 0 saturated heterocycles. The summed E-state index contributed by atoms with van der Waals surface area (Å²) in [5.74, 6) is 6.47. The van der Waals surface area contributed by atoms with Crippen molar-refractivity contribution in [3.63, 3.8) is 0 Å². The van der Waals surface area contributed by atoms with Crippen molar-refractivity contribution in [2.45, 2.75) is 26.9 Å². The maximum Gasteiger partial charge on any atom is 0.356 e. The van der Waals surface area contributed by atoms with E-state index in [2.05, 4.69) is 14.7 Å². The number of pyridine rings is 1. The molecule has 0 fully saturated rings. The lowest BCUT2D eigenvalue weighted by molar-refractivity contribution is 0.0594. The first-order chi connectivity index (χ1) is 17.8. The number of nitrogens with zero attached hydrogens (tertiary/aromatic N) is 5. The maximum absolute atomic E-state index is 13.1.